The van der Waals surface area contributed by atoms with Crippen molar-refractivity contribution < 1.29 is 19.4 Å². The summed E-state index contributed by atoms with van der Waals surface area (Å²) in [6, 6.07) is 7.04. The molecule has 1 atom stereocenters. The van der Waals surface area contributed by atoms with Crippen LogP contribution in [0.5, 0.6) is 5.75 Å². The van der Waals surface area contributed by atoms with E-state index < -0.39 is 12.0 Å². The molecule has 1 saturated carbocycles. The summed E-state index contributed by atoms with van der Waals surface area (Å²) in [7, 11) is 1.59. The lowest BCUT2D eigenvalue weighted by atomic mass is 10.2. The summed E-state index contributed by atoms with van der Waals surface area (Å²) < 4.78 is 5.24. The number of rotatable bonds is 8. The Hall–Kier alpha value is -2.08. The van der Waals surface area contributed by atoms with E-state index in [1.54, 1.807) is 18.9 Å². The molecule has 0 aliphatic heterocycles. The van der Waals surface area contributed by atoms with Gasteiger partial charge in [0, 0.05) is 18.2 Å². The minimum Gasteiger partial charge on any atom is -0.496 e. The number of nitrogens with one attached hydrogen (secondary N) is 1. The number of amides is 1. The van der Waals surface area contributed by atoms with Crippen molar-refractivity contribution in [2.45, 2.75) is 38.4 Å². The van der Waals surface area contributed by atoms with Crippen LogP contribution in [0.2, 0.25) is 0 Å². The molecular weight excluding hydrogens is 284 g/mol. The standard InChI is InChI=1S/C16H22N2O4/c1-11(16(20)21)18(13-7-8-13)10-15(19)17-9-12-5-3-4-6-14(12)22-2/h3-6,11,13H,7-10H2,1-2H3,(H,17,19)(H,20,21). The molecule has 120 valence electrons. The van der Waals surface area contributed by atoms with E-state index in [2.05, 4.69) is 5.32 Å². The first-order valence-electron chi connectivity index (χ1n) is 7.40. The Balaban J connectivity index is 1.90. The van der Waals surface area contributed by atoms with Crippen molar-refractivity contribution in [3.05, 3.63) is 29.8 Å². The molecule has 1 aliphatic rings. The van der Waals surface area contributed by atoms with Gasteiger partial charge in [-0.25, -0.2) is 0 Å². The van der Waals surface area contributed by atoms with Gasteiger partial charge >= 0.3 is 5.97 Å². The molecule has 6 nitrogen and oxygen atoms in total. The number of methoxy groups -OCH3 is 1. The van der Waals surface area contributed by atoms with E-state index >= 15 is 0 Å². The SMILES string of the molecule is COc1ccccc1CNC(=O)CN(C1CC1)C(C)C(=O)O. The Morgan fingerprint density at radius 2 is 2.09 bits per heavy atom. The second-order valence-electron chi connectivity index (χ2n) is 5.51. The number of carboxylic acid groups (broad SMARTS) is 1. The molecule has 1 unspecified atom stereocenters. The number of ether oxygens (including phenoxy) is 1. The lowest BCUT2D eigenvalue weighted by molar-refractivity contribution is -0.143. The molecule has 0 spiro atoms. The first kappa shape index (κ1) is 16.3. The second kappa shape index (κ2) is 7.26. The second-order valence-corrected chi connectivity index (χ2v) is 5.51. The van der Waals surface area contributed by atoms with Gasteiger partial charge in [-0.15, -0.1) is 0 Å². The fraction of sp³-hybridized carbons (Fsp3) is 0.500. The highest BCUT2D eigenvalue weighted by molar-refractivity contribution is 5.80. The third kappa shape index (κ3) is 4.21. The van der Waals surface area contributed by atoms with Gasteiger partial charge in [-0.3, -0.25) is 14.5 Å². The highest BCUT2D eigenvalue weighted by Crippen LogP contribution is 2.28. The lowest BCUT2D eigenvalue weighted by Crippen LogP contribution is -2.46. The van der Waals surface area contributed by atoms with Crippen molar-refractivity contribution in [1.82, 2.24) is 10.2 Å². The molecule has 1 aromatic rings. The molecule has 2 N–H and O–H groups in total. The van der Waals surface area contributed by atoms with Crippen molar-refractivity contribution in [2.75, 3.05) is 13.7 Å². The van der Waals surface area contributed by atoms with E-state index in [4.69, 9.17) is 9.84 Å². The number of nitrogens with zero attached hydrogens (tertiary/aromatic N) is 1. The molecule has 2 rings (SSSR count). The van der Waals surface area contributed by atoms with Crippen LogP contribution in [0.15, 0.2) is 24.3 Å². The zero-order valence-corrected chi connectivity index (χ0v) is 12.9. The molecular formula is C16H22N2O4. The molecule has 1 fully saturated rings. The summed E-state index contributed by atoms with van der Waals surface area (Å²) in [6.07, 6.45) is 1.91. The summed E-state index contributed by atoms with van der Waals surface area (Å²) in [6.45, 7) is 2.09. The summed E-state index contributed by atoms with van der Waals surface area (Å²) in [5.41, 5.74) is 0.891. The predicted octanol–water partition coefficient (Wildman–Crippen LogP) is 1.25. The maximum atomic E-state index is 12.1. The summed E-state index contributed by atoms with van der Waals surface area (Å²) in [4.78, 5) is 25.0. The first-order valence-corrected chi connectivity index (χ1v) is 7.40. The van der Waals surface area contributed by atoms with Gasteiger partial charge in [0.05, 0.1) is 13.7 Å². The molecule has 0 saturated heterocycles. The van der Waals surface area contributed by atoms with Gasteiger partial charge in [0.15, 0.2) is 0 Å². The average molecular weight is 306 g/mol. The number of aliphatic carboxylic acids is 1. The van der Waals surface area contributed by atoms with Gasteiger partial charge in [0.2, 0.25) is 5.91 Å². The van der Waals surface area contributed by atoms with Gasteiger partial charge in [0.25, 0.3) is 0 Å². The molecule has 0 heterocycles. The Morgan fingerprint density at radius 3 is 2.68 bits per heavy atom. The highest BCUT2D eigenvalue weighted by atomic mass is 16.5. The molecule has 0 radical (unpaired) electrons. The monoisotopic (exact) mass is 306 g/mol. The van der Waals surface area contributed by atoms with Gasteiger partial charge in [-0.05, 0) is 25.8 Å². The molecule has 1 aromatic carbocycles. The van der Waals surface area contributed by atoms with E-state index in [1.165, 1.54) is 0 Å². The van der Waals surface area contributed by atoms with Crippen LogP contribution in [0, 0.1) is 0 Å². The Bertz CT molecular complexity index is 543. The third-order valence-corrected chi connectivity index (χ3v) is 3.87. The fourth-order valence-corrected chi connectivity index (χ4v) is 2.39. The van der Waals surface area contributed by atoms with Crippen LogP contribution >= 0.6 is 0 Å². The Kier molecular flexibility index (Phi) is 5.38. The van der Waals surface area contributed by atoms with Crippen molar-refractivity contribution in [1.29, 1.82) is 0 Å². The topological polar surface area (TPSA) is 78.9 Å². The van der Waals surface area contributed by atoms with Crippen LogP contribution in [0.4, 0.5) is 0 Å². The van der Waals surface area contributed by atoms with Crippen molar-refractivity contribution in [3.8, 4) is 5.75 Å². The van der Waals surface area contributed by atoms with E-state index in [-0.39, 0.29) is 18.5 Å². The number of carboxylic acids is 1. The van der Waals surface area contributed by atoms with Gasteiger partial charge in [0.1, 0.15) is 11.8 Å². The molecule has 0 aromatic heterocycles. The van der Waals surface area contributed by atoms with Crippen LogP contribution in [0.1, 0.15) is 25.3 Å². The maximum Gasteiger partial charge on any atom is 0.320 e. The number of carbonyl (C=O) groups excluding carboxylic acids is 1. The largest absolute Gasteiger partial charge is 0.496 e. The first-order chi connectivity index (χ1) is 10.5. The zero-order valence-electron chi connectivity index (χ0n) is 12.9. The van der Waals surface area contributed by atoms with E-state index in [0.717, 1.165) is 24.2 Å². The maximum absolute atomic E-state index is 12.1. The van der Waals surface area contributed by atoms with Crippen LogP contribution in [0.3, 0.4) is 0 Å². The molecule has 6 heteroatoms. The Labute approximate surface area is 130 Å². The van der Waals surface area contributed by atoms with Crippen molar-refractivity contribution in [3.63, 3.8) is 0 Å². The smallest absolute Gasteiger partial charge is 0.320 e. The number of hydrogen-bond acceptors (Lipinski definition) is 4. The van der Waals surface area contributed by atoms with Crippen molar-refractivity contribution >= 4 is 11.9 Å². The molecule has 0 bridgehead atoms. The minimum atomic E-state index is -0.899. The summed E-state index contributed by atoms with van der Waals surface area (Å²) in [5.74, 6) is -0.351. The number of benzene rings is 1. The fourth-order valence-electron chi connectivity index (χ4n) is 2.39. The van der Waals surface area contributed by atoms with Gasteiger partial charge in [-0.2, -0.15) is 0 Å². The number of hydrogen-bond donors (Lipinski definition) is 2. The van der Waals surface area contributed by atoms with Gasteiger partial charge in [-0.1, -0.05) is 18.2 Å². The summed E-state index contributed by atoms with van der Waals surface area (Å²) in [5, 5.41) is 12.0. The van der Waals surface area contributed by atoms with Crippen molar-refractivity contribution in [2.24, 2.45) is 0 Å². The van der Waals surface area contributed by atoms with E-state index in [9.17, 15) is 9.59 Å². The van der Waals surface area contributed by atoms with Crippen LogP contribution in [-0.4, -0.2) is 47.6 Å². The zero-order chi connectivity index (χ0) is 16.1. The molecule has 1 aliphatic carbocycles. The lowest BCUT2D eigenvalue weighted by Gasteiger charge is -2.25. The van der Waals surface area contributed by atoms with Crippen LogP contribution in [0.25, 0.3) is 0 Å². The highest BCUT2D eigenvalue weighted by Gasteiger charge is 2.36. The predicted molar refractivity (Wildman–Crippen MR) is 81.7 cm³/mol. The summed E-state index contributed by atoms with van der Waals surface area (Å²) >= 11 is 0. The quantitative estimate of drug-likeness (QED) is 0.755. The minimum absolute atomic E-state index is 0.104. The van der Waals surface area contributed by atoms with Crippen LogP contribution in [-0.2, 0) is 16.1 Å². The van der Waals surface area contributed by atoms with Gasteiger partial charge < -0.3 is 15.2 Å². The van der Waals surface area contributed by atoms with E-state index in [0.29, 0.717) is 6.54 Å². The number of carbonyl (C=O) groups is 2. The Morgan fingerprint density at radius 1 is 1.41 bits per heavy atom. The van der Waals surface area contributed by atoms with E-state index in [1.807, 2.05) is 24.3 Å². The molecule has 1 amide bonds. The number of para-hydroxylation sites is 1. The average Bonchev–Trinajstić information content (AvgIpc) is 3.34. The normalized spacial score (nSPS) is 15.4. The molecule has 22 heavy (non-hydrogen) atoms. The van der Waals surface area contributed by atoms with Crippen LogP contribution < -0.4 is 10.1 Å². The third-order valence-electron chi connectivity index (χ3n) is 3.87.